The minimum atomic E-state index is -0.853. The van der Waals surface area contributed by atoms with Gasteiger partial charge in [-0.05, 0) is 31.3 Å². The van der Waals surface area contributed by atoms with E-state index in [-0.39, 0.29) is 24.9 Å². The Morgan fingerprint density at radius 2 is 2.10 bits per heavy atom. The number of likely N-dealkylation sites (N-methyl/N-ethyl adjacent to an activating group) is 1. The number of rotatable bonds is 7. The van der Waals surface area contributed by atoms with Gasteiger partial charge in [-0.25, -0.2) is 0 Å². The molecule has 0 aliphatic carbocycles. The maximum absolute atomic E-state index is 12.1. The minimum absolute atomic E-state index is 0.0322. The number of hydrogen-bond acceptors (Lipinski definition) is 4. The highest BCUT2D eigenvalue weighted by Crippen LogP contribution is 2.16. The van der Waals surface area contributed by atoms with E-state index in [9.17, 15) is 14.4 Å². The van der Waals surface area contributed by atoms with Crippen molar-refractivity contribution in [1.29, 1.82) is 0 Å². The first-order valence-electron chi connectivity index (χ1n) is 7.19. The van der Waals surface area contributed by atoms with Crippen molar-refractivity contribution in [2.24, 2.45) is 5.92 Å². The topological polar surface area (TPSA) is 77.9 Å². The summed E-state index contributed by atoms with van der Waals surface area (Å²) in [5.74, 6) is -0.606. The number of amides is 2. The fraction of sp³-hybridized carbons (Fsp3) is 0.786. The third-order valence-electron chi connectivity index (χ3n) is 3.66. The molecule has 1 unspecified atom stereocenters. The molecule has 0 bridgehead atoms. The molecule has 1 saturated heterocycles. The van der Waals surface area contributed by atoms with Crippen molar-refractivity contribution in [3.63, 3.8) is 0 Å². The maximum Gasteiger partial charge on any atom is 0.308 e. The van der Waals surface area contributed by atoms with Gasteiger partial charge in [0.25, 0.3) is 0 Å². The van der Waals surface area contributed by atoms with Crippen LogP contribution < -0.4 is 0 Å². The summed E-state index contributed by atoms with van der Waals surface area (Å²) >= 11 is 1.69. The molecule has 0 aromatic heterocycles. The van der Waals surface area contributed by atoms with Crippen LogP contribution in [0.4, 0.5) is 0 Å². The van der Waals surface area contributed by atoms with Gasteiger partial charge in [0.15, 0.2) is 0 Å². The van der Waals surface area contributed by atoms with Crippen LogP contribution in [-0.4, -0.2) is 71.4 Å². The van der Waals surface area contributed by atoms with E-state index in [2.05, 4.69) is 0 Å². The van der Waals surface area contributed by atoms with E-state index >= 15 is 0 Å². The second-order valence-corrected chi connectivity index (χ2v) is 6.35. The van der Waals surface area contributed by atoms with Crippen molar-refractivity contribution < 1.29 is 19.5 Å². The summed E-state index contributed by atoms with van der Waals surface area (Å²) in [5.41, 5.74) is 0. The lowest BCUT2D eigenvalue weighted by Crippen LogP contribution is -2.46. The molecule has 1 aliphatic heterocycles. The van der Waals surface area contributed by atoms with Crippen molar-refractivity contribution in [2.45, 2.75) is 25.7 Å². The van der Waals surface area contributed by atoms with E-state index in [1.165, 1.54) is 4.90 Å². The SMILES string of the molecule is CSCCCC(=O)N(C)CC(=O)N1CCCC(C(=O)O)C1. The molecule has 1 atom stereocenters. The maximum atomic E-state index is 12.1. The number of carboxylic acid groups (broad SMARTS) is 1. The normalized spacial score (nSPS) is 18.4. The van der Waals surface area contributed by atoms with Crippen LogP contribution in [0.2, 0.25) is 0 Å². The van der Waals surface area contributed by atoms with Crippen LogP contribution in [0.25, 0.3) is 0 Å². The number of hydrogen-bond donors (Lipinski definition) is 1. The van der Waals surface area contributed by atoms with E-state index in [4.69, 9.17) is 5.11 Å². The molecular weight excluding hydrogens is 292 g/mol. The van der Waals surface area contributed by atoms with Gasteiger partial charge in [0, 0.05) is 26.6 Å². The van der Waals surface area contributed by atoms with E-state index < -0.39 is 11.9 Å². The zero-order valence-electron chi connectivity index (χ0n) is 12.7. The summed E-state index contributed by atoms with van der Waals surface area (Å²) in [6.07, 6.45) is 4.56. The Labute approximate surface area is 129 Å². The Morgan fingerprint density at radius 1 is 1.38 bits per heavy atom. The lowest BCUT2D eigenvalue weighted by atomic mass is 9.98. The highest BCUT2D eigenvalue weighted by atomic mass is 32.2. The van der Waals surface area contributed by atoms with Crippen molar-refractivity contribution in [3.05, 3.63) is 0 Å². The number of aliphatic carboxylic acids is 1. The molecular formula is C14H24N2O4S. The van der Waals surface area contributed by atoms with E-state index in [0.717, 1.165) is 12.2 Å². The molecule has 0 saturated carbocycles. The van der Waals surface area contributed by atoms with Crippen molar-refractivity contribution in [2.75, 3.05) is 38.7 Å². The average molecular weight is 316 g/mol. The lowest BCUT2D eigenvalue weighted by molar-refractivity contribution is -0.147. The Hall–Kier alpha value is -1.24. The number of carboxylic acids is 1. The smallest absolute Gasteiger partial charge is 0.308 e. The zero-order chi connectivity index (χ0) is 15.8. The number of carbonyl (C=O) groups is 3. The molecule has 0 aromatic carbocycles. The Kier molecular flexibility index (Phi) is 7.56. The van der Waals surface area contributed by atoms with Crippen molar-refractivity contribution in [3.8, 4) is 0 Å². The quantitative estimate of drug-likeness (QED) is 0.706. The van der Waals surface area contributed by atoms with Crippen LogP contribution in [0.3, 0.4) is 0 Å². The van der Waals surface area contributed by atoms with Gasteiger partial charge >= 0.3 is 5.97 Å². The van der Waals surface area contributed by atoms with Crippen molar-refractivity contribution >= 4 is 29.5 Å². The molecule has 21 heavy (non-hydrogen) atoms. The monoisotopic (exact) mass is 316 g/mol. The first-order valence-corrected chi connectivity index (χ1v) is 8.58. The average Bonchev–Trinajstić information content (AvgIpc) is 2.47. The predicted molar refractivity (Wildman–Crippen MR) is 82.2 cm³/mol. The summed E-state index contributed by atoms with van der Waals surface area (Å²) in [4.78, 5) is 38.0. The number of carbonyl (C=O) groups excluding carboxylic acids is 2. The van der Waals surface area contributed by atoms with Crippen LogP contribution in [0.5, 0.6) is 0 Å². The number of nitrogens with zero attached hydrogens (tertiary/aromatic N) is 2. The molecule has 120 valence electrons. The molecule has 7 heteroatoms. The zero-order valence-corrected chi connectivity index (χ0v) is 13.5. The lowest BCUT2D eigenvalue weighted by Gasteiger charge is -2.32. The molecule has 0 spiro atoms. The second-order valence-electron chi connectivity index (χ2n) is 5.36. The Morgan fingerprint density at radius 3 is 2.71 bits per heavy atom. The van der Waals surface area contributed by atoms with Crippen LogP contribution >= 0.6 is 11.8 Å². The number of piperidine rings is 1. The van der Waals surface area contributed by atoms with Gasteiger partial charge in [-0.1, -0.05) is 0 Å². The molecule has 6 nitrogen and oxygen atoms in total. The molecule has 1 N–H and O–H groups in total. The van der Waals surface area contributed by atoms with Crippen LogP contribution in [0.1, 0.15) is 25.7 Å². The predicted octanol–water partition coefficient (Wildman–Crippen LogP) is 0.911. The van der Waals surface area contributed by atoms with Gasteiger partial charge in [-0.2, -0.15) is 11.8 Å². The van der Waals surface area contributed by atoms with Crippen molar-refractivity contribution in [1.82, 2.24) is 9.80 Å². The van der Waals surface area contributed by atoms with Gasteiger partial charge in [0.1, 0.15) is 0 Å². The molecule has 0 radical (unpaired) electrons. The Bertz CT molecular complexity index is 389. The van der Waals surface area contributed by atoms with Gasteiger partial charge < -0.3 is 14.9 Å². The fourth-order valence-electron chi connectivity index (χ4n) is 2.35. The summed E-state index contributed by atoms with van der Waals surface area (Å²) in [6, 6.07) is 0. The minimum Gasteiger partial charge on any atom is -0.481 e. The molecule has 1 fully saturated rings. The molecule has 1 heterocycles. The van der Waals surface area contributed by atoms with Gasteiger partial charge in [-0.3, -0.25) is 14.4 Å². The summed E-state index contributed by atoms with van der Waals surface area (Å²) in [5, 5.41) is 9.02. The second kappa shape index (κ2) is 8.92. The summed E-state index contributed by atoms with van der Waals surface area (Å²) < 4.78 is 0. The highest BCUT2D eigenvalue weighted by molar-refractivity contribution is 7.98. The molecule has 1 aliphatic rings. The van der Waals surface area contributed by atoms with E-state index in [1.54, 1.807) is 23.7 Å². The molecule has 2 amide bonds. The number of likely N-dealkylation sites (tertiary alicyclic amines) is 1. The van der Waals surface area contributed by atoms with Gasteiger partial charge in [0.2, 0.25) is 11.8 Å². The molecule has 1 rings (SSSR count). The van der Waals surface area contributed by atoms with Crippen LogP contribution in [0.15, 0.2) is 0 Å². The number of thioether (sulfide) groups is 1. The first kappa shape index (κ1) is 17.8. The standard InChI is InChI=1S/C14H24N2O4S/c1-15(12(17)6-4-8-21-2)10-13(18)16-7-3-5-11(9-16)14(19)20/h11H,3-10H2,1-2H3,(H,19,20). The highest BCUT2D eigenvalue weighted by Gasteiger charge is 2.28. The van der Waals surface area contributed by atoms with E-state index in [0.29, 0.717) is 25.8 Å². The van der Waals surface area contributed by atoms with E-state index in [1.807, 2.05) is 6.26 Å². The van der Waals surface area contributed by atoms with Gasteiger partial charge in [-0.15, -0.1) is 0 Å². The summed E-state index contributed by atoms with van der Waals surface area (Å²) in [7, 11) is 1.62. The van der Waals surface area contributed by atoms with Crippen LogP contribution in [0, 0.1) is 5.92 Å². The molecule has 0 aromatic rings. The first-order chi connectivity index (χ1) is 9.95. The third-order valence-corrected chi connectivity index (χ3v) is 4.36. The summed E-state index contributed by atoms with van der Waals surface area (Å²) in [6.45, 7) is 0.865. The largest absolute Gasteiger partial charge is 0.481 e. The third kappa shape index (κ3) is 5.95. The Balaban J connectivity index is 2.41. The van der Waals surface area contributed by atoms with Crippen LogP contribution in [-0.2, 0) is 14.4 Å². The fourth-order valence-corrected chi connectivity index (χ4v) is 2.79. The van der Waals surface area contributed by atoms with Gasteiger partial charge in [0.05, 0.1) is 12.5 Å².